The molecule has 1 amide bonds. The van der Waals surface area contributed by atoms with Crippen molar-refractivity contribution >= 4 is 11.9 Å². The third-order valence-electron chi connectivity index (χ3n) is 4.91. The van der Waals surface area contributed by atoms with Gasteiger partial charge in [0.2, 0.25) is 5.91 Å². The fraction of sp³-hybridized carbons (Fsp3) is 0.867. The molecule has 2 fully saturated rings. The van der Waals surface area contributed by atoms with Crippen LogP contribution in [0.2, 0.25) is 0 Å². The van der Waals surface area contributed by atoms with Crippen LogP contribution in [-0.2, 0) is 9.59 Å². The molecule has 2 aliphatic rings. The number of carboxylic acid groups (broad SMARTS) is 1. The normalized spacial score (nSPS) is 33.5. The van der Waals surface area contributed by atoms with E-state index < -0.39 is 11.9 Å². The van der Waals surface area contributed by atoms with E-state index in [2.05, 4.69) is 0 Å². The van der Waals surface area contributed by atoms with Gasteiger partial charge in [-0.3, -0.25) is 9.59 Å². The molecule has 0 spiro atoms. The van der Waals surface area contributed by atoms with Crippen LogP contribution in [0.25, 0.3) is 0 Å². The predicted octanol–water partition coefficient (Wildman–Crippen LogP) is 2.52. The molecule has 3 atom stereocenters. The van der Waals surface area contributed by atoms with Crippen LogP contribution in [0.4, 0.5) is 0 Å². The first-order chi connectivity index (χ1) is 9.00. The lowest BCUT2D eigenvalue weighted by Gasteiger charge is -2.42. The Hall–Kier alpha value is -1.06. The SMILES string of the molecule is CC1CC(=O)N(CC2CCCCC2)C(C)C1C(=O)O. The van der Waals surface area contributed by atoms with Gasteiger partial charge >= 0.3 is 5.97 Å². The van der Waals surface area contributed by atoms with Crippen molar-refractivity contribution < 1.29 is 14.7 Å². The van der Waals surface area contributed by atoms with Gasteiger partial charge in [-0.1, -0.05) is 26.2 Å². The Balaban J connectivity index is 2.04. The lowest BCUT2D eigenvalue weighted by atomic mass is 9.79. The van der Waals surface area contributed by atoms with Gasteiger partial charge in [0, 0.05) is 19.0 Å². The summed E-state index contributed by atoms with van der Waals surface area (Å²) in [4.78, 5) is 25.4. The zero-order chi connectivity index (χ0) is 14.0. The Labute approximate surface area is 115 Å². The van der Waals surface area contributed by atoms with Crippen molar-refractivity contribution in [3.63, 3.8) is 0 Å². The van der Waals surface area contributed by atoms with Crippen LogP contribution in [0, 0.1) is 17.8 Å². The molecular formula is C15H25NO3. The lowest BCUT2D eigenvalue weighted by molar-refractivity contribution is -0.155. The summed E-state index contributed by atoms with van der Waals surface area (Å²) < 4.78 is 0. The van der Waals surface area contributed by atoms with Crippen molar-refractivity contribution in [1.29, 1.82) is 0 Å². The second kappa shape index (κ2) is 5.93. The van der Waals surface area contributed by atoms with E-state index in [4.69, 9.17) is 0 Å². The number of nitrogens with zero attached hydrogens (tertiary/aromatic N) is 1. The van der Waals surface area contributed by atoms with Gasteiger partial charge in [0.25, 0.3) is 0 Å². The largest absolute Gasteiger partial charge is 0.481 e. The number of carboxylic acids is 1. The van der Waals surface area contributed by atoms with Crippen molar-refractivity contribution in [1.82, 2.24) is 4.90 Å². The van der Waals surface area contributed by atoms with Crippen LogP contribution in [-0.4, -0.2) is 34.5 Å². The fourth-order valence-electron chi connectivity index (χ4n) is 3.78. The van der Waals surface area contributed by atoms with E-state index in [9.17, 15) is 14.7 Å². The summed E-state index contributed by atoms with van der Waals surface area (Å²) in [5.41, 5.74) is 0. The number of carbonyl (C=O) groups is 2. The molecule has 1 aliphatic heterocycles. The lowest BCUT2D eigenvalue weighted by Crippen LogP contribution is -2.54. The van der Waals surface area contributed by atoms with Gasteiger partial charge in [-0.15, -0.1) is 0 Å². The summed E-state index contributed by atoms with van der Waals surface area (Å²) in [6.45, 7) is 4.54. The summed E-state index contributed by atoms with van der Waals surface area (Å²) in [5, 5.41) is 9.35. The summed E-state index contributed by atoms with van der Waals surface area (Å²) in [6.07, 6.45) is 6.55. The van der Waals surface area contributed by atoms with Crippen molar-refractivity contribution in [2.24, 2.45) is 17.8 Å². The van der Waals surface area contributed by atoms with Gasteiger partial charge in [-0.05, 0) is 31.6 Å². The molecule has 1 saturated heterocycles. The highest BCUT2D eigenvalue weighted by Gasteiger charge is 2.42. The molecule has 1 saturated carbocycles. The van der Waals surface area contributed by atoms with Crippen molar-refractivity contribution in [2.75, 3.05) is 6.54 Å². The maximum atomic E-state index is 12.2. The van der Waals surface area contributed by atoms with Crippen LogP contribution in [0.3, 0.4) is 0 Å². The van der Waals surface area contributed by atoms with Crippen LogP contribution in [0.1, 0.15) is 52.4 Å². The second-order valence-corrected chi connectivity index (χ2v) is 6.34. The number of carbonyl (C=O) groups excluding carboxylic acids is 1. The minimum absolute atomic E-state index is 0.0531. The fourth-order valence-corrected chi connectivity index (χ4v) is 3.78. The van der Waals surface area contributed by atoms with Crippen LogP contribution >= 0.6 is 0 Å². The Kier molecular flexibility index (Phi) is 4.48. The standard InChI is InChI=1S/C15H25NO3/c1-10-8-13(17)16(11(2)14(10)15(18)19)9-12-6-4-3-5-7-12/h10-12,14H,3-9H2,1-2H3,(H,18,19). The molecule has 2 rings (SSSR count). The first kappa shape index (κ1) is 14.4. The first-order valence-electron chi connectivity index (χ1n) is 7.53. The summed E-state index contributed by atoms with van der Waals surface area (Å²) in [7, 11) is 0. The Morgan fingerprint density at radius 1 is 1.26 bits per heavy atom. The molecule has 4 heteroatoms. The molecule has 3 unspecified atom stereocenters. The topological polar surface area (TPSA) is 57.6 Å². The molecule has 1 N–H and O–H groups in total. The van der Waals surface area contributed by atoms with E-state index in [1.807, 2.05) is 18.7 Å². The zero-order valence-electron chi connectivity index (χ0n) is 12.0. The number of hydrogen-bond acceptors (Lipinski definition) is 2. The Bertz CT molecular complexity index is 349. The maximum absolute atomic E-state index is 12.2. The molecule has 0 aromatic rings. The number of amides is 1. The summed E-state index contributed by atoms with van der Waals surface area (Å²) in [5.74, 6) is -0.517. The maximum Gasteiger partial charge on any atom is 0.308 e. The van der Waals surface area contributed by atoms with E-state index in [0.717, 1.165) is 6.54 Å². The minimum atomic E-state index is -0.763. The third kappa shape index (κ3) is 3.10. The molecule has 1 heterocycles. The number of hydrogen-bond donors (Lipinski definition) is 1. The number of aliphatic carboxylic acids is 1. The summed E-state index contributed by atoms with van der Waals surface area (Å²) >= 11 is 0. The van der Waals surface area contributed by atoms with Crippen LogP contribution in [0.15, 0.2) is 0 Å². The molecule has 0 aromatic heterocycles. The van der Waals surface area contributed by atoms with Gasteiger partial charge in [0.1, 0.15) is 0 Å². The van der Waals surface area contributed by atoms with Gasteiger partial charge in [-0.25, -0.2) is 0 Å². The third-order valence-corrected chi connectivity index (χ3v) is 4.91. The average Bonchev–Trinajstić information content (AvgIpc) is 2.35. The minimum Gasteiger partial charge on any atom is -0.481 e. The van der Waals surface area contributed by atoms with Gasteiger partial charge in [-0.2, -0.15) is 0 Å². The highest BCUT2D eigenvalue weighted by Crippen LogP contribution is 2.32. The van der Waals surface area contributed by atoms with Gasteiger partial charge in [0.15, 0.2) is 0 Å². The smallest absolute Gasteiger partial charge is 0.308 e. The van der Waals surface area contributed by atoms with Crippen LogP contribution in [0.5, 0.6) is 0 Å². The predicted molar refractivity (Wildman–Crippen MR) is 72.7 cm³/mol. The van der Waals surface area contributed by atoms with E-state index >= 15 is 0 Å². The van der Waals surface area contributed by atoms with E-state index in [1.54, 1.807) is 0 Å². The van der Waals surface area contributed by atoms with Crippen LogP contribution < -0.4 is 0 Å². The Morgan fingerprint density at radius 2 is 1.89 bits per heavy atom. The van der Waals surface area contributed by atoms with Crippen molar-refractivity contribution in [2.45, 2.75) is 58.4 Å². The molecule has 1 aliphatic carbocycles. The zero-order valence-corrected chi connectivity index (χ0v) is 12.0. The molecular weight excluding hydrogens is 242 g/mol. The first-order valence-corrected chi connectivity index (χ1v) is 7.53. The van der Waals surface area contributed by atoms with E-state index in [-0.39, 0.29) is 17.9 Å². The highest BCUT2D eigenvalue weighted by molar-refractivity contribution is 5.81. The summed E-state index contributed by atoms with van der Waals surface area (Å²) in [6, 6.07) is -0.171. The van der Waals surface area contributed by atoms with Crippen molar-refractivity contribution in [3.8, 4) is 0 Å². The molecule has 19 heavy (non-hydrogen) atoms. The average molecular weight is 267 g/mol. The molecule has 0 bridgehead atoms. The van der Waals surface area contributed by atoms with E-state index in [0.29, 0.717) is 12.3 Å². The number of likely N-dealkylation sites (tertiary alicyclic amines) is 1. The molecule has 108 valence electrons. The number of piperidine rings is 1. The van der Waals surface area contributed by atoms with Gasteiger partial charge in [0.05, 0.1) is 5.92 Å². The van der Waals surface area contributed by atoms with Crippen molar-refractivity contribution in [3.05, 3.63) is 0 Å². The second-order valence-electron chi connectivity index (χ2n) is 6.34. The highest BCUT2D eigenvalue weighted by atomic mass is 16.4. The van der Waals surface area contributed by atoms with Gasteiger partial charge < -0.3 is 10.0 Å². The monoisotopic (exact) mass is 267 g/mol. The molecule has 0 radical (unpaired) electrons. The van der Waals surface area contributed by atoms with E-state index in [1.165, 1.54) is 32.1 Å². The quantitative estimate of drug-likeness (QED) is 0.854. The molecule has 4 nitrogen and oxygen atoms in total. The Morgan fingerprint density at radius 3 is 2.47 bits per heavy atom. The number of rotatable bonds is 3. The molecule has 0 aromatic carbocycles.